The zero-order valence-corrected chi connectivity index (χ0v) is 15.6. The zero-order valence-electron chi connectivity index (χ0n) is 14.9. The second kappa shape index (κ2) is 7.80. The van der Waals surface area contributed by atoms with E-state index in [4.69, 9.17) is 11.6 Å². The highest BCUT2D eigenvalue weighted by molar-refractivity contribution is 6.30. The fraction of sp³-hybridized carbons (Fsp3) is 0.182. The third-order valence-corrected chi connectivity index (χ3v) is 5.00. The minimum atomic E-state index is -0.0496. The van der Waals surface area contributed by atoms with Crippen molar-refractivity contribution in [1.82, 2.24) is 4.98 Å². The van der Waals surface area contributed by atoms with E-state index in [0.717, 1.165) is 41.3 Å². The van der Waals surface area contributed by atoms with Gasteiger partial charge in [0.05, 0.1) is 11.9 Å². The van der Waals surface area contributed by atoms with E-state index in [1.54, 1.807) is 12.3 Å². The Hall–Kier alpha value is -2.85. The van der Waals surface area contributed by atoms with Crippen LogP contribution in [0.1, 0.15) is 28.0 Å². The number of para-hydroxylation sites is 1. The lowest BCUT2D eigenvalue weighted by molar-refractivity contribution is 0.0980. The van der Waals surface area contributed by atoms with Gasteiger partial charge in [0.2, 0.25) is 0 Å². The lowest BCUT2D eigenvalue weighted by atomic mass is 10.0. The quantitative estimate of drug-likeness (QED) is 0.700. The molecule has 0 saturated carbocycles. The molecular formula is C22H20ClN3O. The number of carbonyl (C=O) groups excluding carboxylic acids is 1. The second-order valence-electron chi connectivity index (χ2n) is 6.60. The summed E-state index contributed by atoms with van der Waals surface area (Å²) in [5, 5.41) is 4.04. The molecular weight excluding hydrogens is 358 g/mol. The van der Waals surface area contributed by atoms with Crippen molar-refractivity contribution in [2.45, 2.75) is 19.4 Å². The Bertz CT molecular complexity index is 939. The van der Waals surface area contributed by atoms with Gasteiger partial charge in [0.15, 0.2) is 0 Å². The second-order valence-corrected chi connectivity index (χ2v) is 7.04. The number of rotatable bonds is 4. The number of carbonyl (C=O) groups is 1. The predicted molar refractivity (Wildman–Crippen MR) is 109 cm³/mol. The summed E-state index contributed by atoms with van der Waals surface area (Å²) in [5.41, 5.74) is 4.69. The van der Waals surface area contributed by atoms with Gasteiger partial charge in [0.25, 0.3) is 5.91 Å². The minimum absolute atomic E-state index is 0.0496. The minimum Gasteiger partial charge on any atom is -0.380 e. The molecule has 0 atom stereocenters. The fourth-order valence-corrected chi connectivity index (χ4v) is 3.44. The maximum atomic E-state index is 12.9. The van der Waals surface area contributed by atoms with Crippen molar-refractivity contribution in [1.29, 1.82) is 0 Å². The number of benzene rings is 2. The fourth-order valence-electron chi connectivity index (χ4n) is 3.31. The maximum absolute atomic E-state index is 12.9. The lowest BCUT2D eigenvalue weighted by Gasteiger charge is -2.29. The van der Waals surface area contributed by atoms with E-state index in [0.29, 0.717) is 12.2 Å². The molecule has 136 valence electrons. The number of hydrogen-bond donors (Lipinski definition) is 1. The summed E-state index contributed by atoms with van der Waals surface area (Å²) in [6.45, 7) is 1.40. The SMILES string of the molecule is O=C(c1ccc(NCc2ccc(Cl)cc2)cn1)N1CCCc2ccccc21. The number of fused-ring (bicyclic) bond motifs is 1. The molecule has 0 spiro atoms. The van der Waals surface area contributed by atoms with Gasteiger partial charge >= 0.3 is 0 Å². The van der Waals surface area contributed by atoms with Gasteiger partial charge in [0.1, 0.15) is 5.69 Å². The summed E-state index contributed by atoms with van der Waals surface area (Å²) < 4.78 is 0. The summed E-state index contributed by atoms with van der Waals surface area (Å²) in [7, 11) is 0. The van der Waals surface area contributed by atoms with Gasteiger partial charge in [-0.15, -0.1) is 0 Å². The molecule has 0 bridgehead atoms. The van der Waals surface area contributed by atoms with Crippen LogP contribution in [0.3, 0.4) is 0 Å². The van der Waals surface area contributed by atoms with E-state index in [9.17, 15) is 4.79 Å². The van der Waals surface area contributed by atoms with E-state index in [-0.39, 0.29) is 5.91 Å². The van der Waals surface area contributed by atoms with Gasteiger partial charge in [-0.25, -0.2) is 4.98 Å². The smallest absolute Gasteiger partial charge is 0.276 e. The van der Waals surface area contributed by atoms with Gasteiger partial charge in [-0.1, -0.05) is 41.9 Å². The molecule has 0 unspecified atom stereocenters. The average Bonchev–Trinajstić information content (AvgIpc) is 2.73. The monoisotopic (exact) mass is 377 g/mol. The molecule has 3 aromatic rings. The number of aromatic nitrogens is 1. The van der Waals surface area contributed by atoms with E-state index in [2.05, 4.69) is 16.4 Å². The molecule has 0 fully saturated rings. The Morgan fingerprint density at radius 2 is 1.89 bits per heavy atom. The number of anilines is 2. The van der Waals surface area contributed by atoms with Crippen molar-refractivity contribution in [3.63, 3.8) is 0 Å². The highest BCUT2D eigenvalue weighted by Gasteiger charge is 2.23. The summed E-state index contributed by atoms with van der Waals surface area (Å²) >= 11 is 5.91. The lowest BCUT2D eigenvalue weighted by Crippen LogP contribution is -2.35. The number of halogens is 1. The van der Waals surface area contributed by atoms with Crippen LogP contribution < -0.4 is 10.2 Å². The number of nitrogens with zero attached hydrogens (tertiary/aromatic N) is 2. The van der Waals surface area contributed by atoms with Crippen LogP contribution in [0.15, 0.2) is 66.9 Å². The van der Waals surface area contributed by atoms with Gasteiger partial charge in [-0.2, -0.15) is 0 Å². The van der Waals surface area contributed by atoms with E-state index in [1.807, 2.05) is 53.4 Å². The largest absolute Gasteiger partial charge is 0.380 e. The highest BCUT2D eigenvalue weighted by atomic mass is 35.5. The normalized spacial score (nSPS) is 13.1. The molecule has 1 amide bonds. The first-order valence-corrected chi connectivity index (χ1v) is 9.43. The molecule has 27 heavy (non-hydrogen) atoms. The summed E-state index contributed by atoms with van der Waals surface area (Å²) in [4.78, 5) is 19.1. The Balaban J connectivity index is 1.44. The molecule has 2 aromatic carbocycles. The Kier molecular flexibility index (Phi) is 5.07. The molecule has 4 rings (SSSR count). The summed E-state index contributed by atoms with van der Waals surface area (Å²) in [6, 6.07) is 19.5. The molecule has 1 aliphatic rings. The van der Waals surface area contributed by atoms with Crippen molar-refractivity contribution < 1.29 is 4.79 Å². The Labute approximate surface area is 163 Å². The van der Waals surface area contributed by atoms with Crippen molar-refractivity contribution in [3.05, 3.63) is 88.7 Å². The molecule has 0 saturated heterocycles. The number of nitrogens with one attached hydrogen (secondary N) is 1. The van der Waals surface area contributed by atoms with E-state index in [1.165, 1.54) is 5.56 Å². The predicted octanol–water partition coefficient (Wildman–Crippen LogP) is 4.94. The molecule has 0 radical (unpaired) electrons. The molecule has 1 N–H and O–H groups in total. The number of aryl methyl sites for hydroxylation is 1. The summed E-state index contributed by atoms with van der Waals surface area (Å²) in [6.07, 6.45) is 3.70. The third kappa shape index (κ3) is 3.96. The molecule has 2 heterocycles. The van der Waals surface area contributed by atoms with Crippen molar-refractivity contribution in [2.24, 2.45) is 0 Å². The van der Waals surface area contributed by atoms with Crippen LogP contribution >= 0.6 is 11.6 Å². The van der Waals surface area contributed by atoms with Gasteiger partial charge < -0.3 is 10.2 Å². The van der Waals surface area contributed by atoms with Crippen molar-refractivity contribution in [2.75, 3.05) is 16.8 Å². The summed E-state index contributed by atoms with van der Waals surface area (Å²) in [5.74, 6) is -0.0496. The van der Waals surface area contributed by atoms with Crippen LogP contribution in [0.5, 0.6) is 0 Å². The third-order valence-electron chi connectivity index (χ3n) is 4.75. The molecule has 4 nitrogen and oxygen atoms in total. The Morgan fingerprint density at radius 3 is 2.67 bits per heavy atom. The van der Waals surface area contributed by atoms with Crippen LogP contribution in [-0.2, 0) is 13.0 Å². The number of amides is 1. The van der Waals surface area contributed by atoms with Crippen LogP contribution in [-0.4, -0.2) is 17.4 Å². The molecule has 5 heteroatoms. The van der Waals surface area contributed by atoms with Crippen molar-refractivity contribution in [3.8, 4) is 0 Å². The average molecular weight is 378 g/mol. The van der Waals surface area contributed by atoms with Crippen molar-refractivity contribution >= 4 is 28.9 Å². The van der Waals surface area contributed by atoms with Gasteiger partial charge in [-0.3, -0.25) is 4.79 Å². The first kappa shape index (κ1) is 17.6. The molecule has 1 aliphatic heterocycles. The number of pyridine rings is 1. The van der Waals surface area contributed by atoms with Crippen LogP contribution in [0, 0.1) is 0 Å². The standard InChI is InChI=1S/C22H20ClN3O/c23-18-9-7-16(8-10-18)14-24-19-11-12-20(25-15-19)22(27)26-13-3-5-17-4-1-2-6-21(17)26/h1-2,4,6-12,15,24H,3,5,13-14H2. The molecule has 0 aliphatic carbocycles. The van der Waals surface area contributed by atoms with Gasteiger partial charge in [-0.05, 0) is 54.3 Å². The van der Waals surface area contributed by atoms with Crippen LogP contribution in [0.4, 0.5) is 11.4 Å². The van der Waals surface area contributed by atoms with E-state index >= 15 is 0 Å². The zero-order chi connectivity index (χ0) is 18.6. The molecule has 1 aromatic heterocycles. The van der Waals surface area contributed by atoms with Gasteiger partial charge in [0, 0.05) is 23.8 Å². The van der Waals surface area contributed by atoms with E-state index < -0.39 is 0 Å². The topological polar surface area (TPSA) is 45.2 Å². The maximum Gasteiger partial charge on any atom is 0.276 e. The van der Waals surface area contributed by atoms with Crippen LogP contribution in [0.25, 0.3) is 0 Å². The Morgan fingerprint density at radius 1 is 1.07 bits per heavy atom. The first-order chi connectivity index (χ1) is 13.2. The number of hydrogen-bond acceptors (Lipinski definition) is 3. The van der Waals surface area contributed by atoms with Crippen LogP contribution in [0.2, 0.25) is 5.02 Å². The highest BCUT2D eigenvalue weighted by Crippen LogP contribution is 2.27. The first-order valence-electron chi connectivity index (χ1n) is 9.05.